The van der Waals surface area contributed by atoms with Crippen LogP contribution >= 0.6 is 11.6 Å². The van der Waals surface area contributed by atoms with Crippen molar-refractivity contribution < 1.29 is 19.1 Å². The Kier molecular flexibility index (Phi) is 4.62. The van der Waals surface area contributed by atoms with Crippen LogP contribution in [0.5, 0.6) is 0 Å². The van der Waals surface area contributed by atoms with Gasteiger partial charge in [0.2, 0.25) is 5.91 Å². The van der Waals surface area contributed by atoms with E-state index < -0.39 is 29.2 Å². The van der Waals surface area contributed by atoms with Crippen LogP contribution in [0.3, 0.4) is 0 Å². The molecule has 0 aliphatic carbocycles. The molecule has 0 bridgehead atoms. The van der Waals surface area contributed by atoms with Gasteiger partial charge in [-0.2, -0.15) is 5.10 Å². The van der Waals surface area contributed by atoms with Gasteiger partial charge in [-0.15, -0.1) is 0 Å². The predicted octanol–water partition coefficient (Wildman–Crippen LogP) is 2.56. The van der Waals surface area contributed by atoms with Crippen LogP contribution < -0.4 is 10.3 Å². The van der Waals surface area contributed by atoms with Crippen molar-refractivity contribution in [2.75, 3.05) is 11.5 Å². The number of carbonyl (C=O) groups is 3. The van der Waals surface area contributed by atoms with E-state index in [0.717, 1.165) is 10.5 Å². The first kappa shape index (κ1) is 19.1. The van der Waals surface area contributed by atoms with Gasteiger partial charge in [0.15, 0.2) is 11.3 Å². The number of anilines is 1. The molecule has 2 aliphatic rings. The number of fused-ring (bicyclic) bond motifs is 1. The molecule has 7 nitrogen and oxygen atoms in total. The molecule has 2 amide bonds. The molecule has 1 saturated heterocycles. The van der Waals surface area contributed by atoms with Crippen LogP contribution in [0.1, 0.15) is 18.1 Å². The first-order chi connectivity index (χ1) is 13.9. The lowest BCUT2D eigenvalue weighted by Crippen LogP contribution is -2.48. The molecule has 0 radical (unpaired) electrons. The largest absolute Gasteiger partial charge is 0.461 e. The molecule has 2 atom stereocenters. The Bertz CT molecular complexity index is 1030. The average molecular weight is 412 g/mol. The molecular formula is C21H18ClN3O4. The van der Waals surface area contributed by atoms with Crippen LogP contribution in [0, 0.1) is 12.8 Å². The maximum Gasteiger partial charge on any atom is 0.355 e. The van der Waals surface area contributed by atoms with Gasteiger partial charge < -0.3 is 4.74 Å². The Morgan fingerprint density at radius 1 is 1.17 bits per heavy atom. The summed E-state index contributed by atoms with van der Waals surface area (Å²) >= 11 is 6.00. The minimum Gasteiger partial charge on any atom is -0.461 e. The number of hydrogen-bond acceptors (Lipinski definition) is 6. The number of esters is 1. The number of halogens is 1. The molecule has 4 rings (SSSR count). The summed E-state index contributed by atoms with van der Waals surface area (Å²) in [5.74, 6) is -2.92. The normalized spacial score (nSPS) is 22.9. The second-order valence-corrected chi connectivity index (χ2v) is 7.33. The summed E-state index contributed by atoms with van der Waals surface area (Å²) < 4.78 is 5.06. The van der Waals surface area contributed by atoms with E-state index in [1.54, 1.807) is 43.3 Å². The molecule has 1 fully saturated rings. The lowest BCUT2D eigenvalue weighted by atomic mass is 9.79. The Morgan fingerprint density at radius 2 is 1.83 bits per heavy atom. The molecule has 2 aromatic carbocycles. The second kappa shape index (κ2) is 7.00. The summed E-state index contributed by atoms with van der Waals surface area (Å²) in [7, 11) is 0. The van der Waals surface area contributed by atoms with Crippen molar-refractivity contribution in [3.8, 4) is 0 Å². The third-order valence-electron chi connectivity index (χ3n) is 5.14. The van der Waals surface area contributed by atoms with Crippen molar-refractivity contribution in [2.45, 2.75) is 19.4 Å². The number of imide groups is 1. The Balaban J connectivity index is 1.86. The third kappa shape index (κ3) is 2.81. The number of rotatable bonds is 4. The number of benzene rings is 2. The van der Waals surface area contributed by atoms with Gasteiger partial charge >= 0.3 is 5.97 Å². The van der Waals surface area contributed by atoms with E-state index in [9.17, 15) is 14.4 Å². The van der Waals surface area contributed by atoms with Crippen LogP contribution in [-0.4, -0.2) is 30.1 Å². The molecule has 29 heavy (non-hydrogen) atoms. The Labute approximate surface area is 172 Å². The molecule has 8 heteroatoms. The standard InChI is InChI=1S/C21H18ClN3O4/c1-3-29-19(27)17-16-18(26)25(15-10-4-12(2)5-11-15)20(28)21(16,24-23-17)13-6-8-14(22)9-7-13/h4-11,16,24H,3H2,1-2H3/t16-,21+/m1/s1. The number of nitrogens with one attached hydrogen (secondary N) is 1. The maximum atomic E-state index is 13.6. The van der Waals surface area contributed by atoms with Crippen molar-refractivity contribution in [1.82, 2.24) is 5.43 Å². The number of amides is 2. The van der Waals surface area contributed by atoms with E-state index in [1.807, 2.05) is 19.1 Å². The van der Waals surface area contributed by atoms with Crippen molar-refractivity contribution in [2.24, 2.45) is 11.0 Å². The monoisotopic (exact) mass is 411 g/mol. The molecule has 0 spiro atoms. The van der Waals surface area contributed by atoms with Gasteiger partial charge in [-0.05, 0) is 43.7 Å². The molecule has 0 aromatic heterocycles. The van der Waals surface area contributed by atoms with Crippen LogP contribution in [0.2, 0.25) is 5.02 Å². The summed E-state index contributed by atoms with van der Waals surface area (Å²) in [6.07, 6.45) is 0. The molecular weight excluding hydrogens is 394 g/mol. The van der Waals surface area contributed by atoms with Gasteiger partial charge in [0.25, 0.3) is 5.91 Å². The zero-order valence-electron chi connectivity index (χ0n) is 15.8. The summed E-state index contributed by atoms with van der Waals surface area (Å²) in [5.41, 5.74) is 3.04. The number of hydrogen-bond donors (Lipinski definition) is 1. The summed E-state index contributed by atoms with van der Waals surface area (Å²) in [4.78, 5) is 40.6. The first-order valence-corrected chi connectivity index (χ1v) is 9.51. The van der Waals surface area contributed by atoms with Gasteiger partial charge in [-0.1, -0.05) is 41.4 Å². The molecule has 2 aliphatic heterocycles. The molecule has 148 valence electrons. The minimum absolute atomic E-state index is 0.116. The number of hydrazone groups is 1. The van der Waals surface area contributed by atoms with E-state index >= 15 is 0 Å². The Morgan fingerprint density at radius 3 is 2.45 bits per heavy atom. The molecule has 2 heterocycles. The van der Waals surface area contributed by atoms with E-state index in [4.69, 9.17) is 16.3 Å². The van der Waals surface area contributed by atoms with Gasteiger partial charge in [0.1, 0.15) is 5.92 Å². The van der Waals surface area contributed by atoms with Crippen molar-refractivity contribution in [3.63, 3.8) is 0 Å². The highest BCUT2D eigenvalue weighted by atomic mass is 35.5. The summed E-state index contributed by atoms with van der Waals surface area (Å²) in [5, 5.41) is 4.53. The number of nitrogens with zero attached hydrogens (tertiary/aromatic N) is 2. The lowest BCUT2D eigenvalue weighted by Gasteiger charge is -2.26. The fraction of sp³-hybridized carbons (Fsp3) is 0.238. The van der Waals surface area contributed by atoms with Crippen molar-refractivity contribution in [3.05, 3.63) is 64.7 Å². The highest BCUT2D eigenvalue weighted by molar-refractivity contribution is 6.47. The maximum absolute atomic E-state index is 13.6. The van der Waals surface area contributed by atoms with Gasteiger partial charge in [0, 0.05) is 5.02 Å². The number of aryl methyl sites for hydroxylation is 1. The lowest BCUT2D eigenvalue weighted by molar-refractivity contribution is -0.136. The van der Waals surface area contributed by atoms with Crippen LogP contribution in [0.15, 0.2) is 53.6 Å². The van der Waals surface area contributed by atoms with Crippen LogP contribution in [0.4, 0.5) is 5.69 Å². The molecule has 0 unspecified atom stereocenters. The highest BCUT2D eigenvalue weighted by Crippen LogP contribution is 2.45. The topological polar surface area (TPSA) is 88.1 Å². The first-order valence-electron chi connectivity index (χ1n) is 9.13. The SMILES string of the molecule is CCOC(=O)C1=NN[C@]2(c3ccc(Cl)cc3)C(=O)N(c3ccc(C)cc3)C(=O)[C@@H]12. The van der Waals surface area contributed by atoms with Gasteiger partial charge in [0.05, 0.1) is 12.3 Å². The summed E-state index contributed by atoms with van der Waals surface area (Å²) in [6.45, 7) is 3.70. The van der Waals surface area contributed by atoms with Crippen LogP contribution in [0.25, 0.3) is 0 Å². The average Bonchev–Trinajstić information content (AvgIpc) is 3.20. The van der Waals surface area contributed by atoms with E-state index in [2.05, 4.69) is 10.5 Å². The van der Waals surface area contributed by atoms with Crippen LogP contribution in [-0.2, 0) is 24.7 Å². The van der Waals surface area contributed by atoms with Gasteiger partial charge in [-0.3, -0.25) is 15.0 Å². The molecule has 2 aromatic rings. The fourth-order valence-corrected chi connectivity index (χ4v) is 3.86. The molecule has 0 saturated carbocycles. The number of ether oxygens (including phenoxy) is 1. The number of carbonyl (C=O) groups excluding carboxylic acids is 3. The Hall–Kier alpha value is -3.19. The highest BCUT2D eigenvalue weighted by Gasteiger charge is 2.67. The second-order valence-electron chi connectivity index (χ2n) is 6.89. The fourth-order valence-electron chi connectivity index (χ4n) is 3.74. The van der Waals surface area contributed by atoms with E-state index in [0.29, 0.717) is 16.3 Å². The zero-order valence-corrected chi connectivity index (χ0v) is 16.6. The zero-order chi connectivity index (χ0) is 20.8. The quantitative estimate of drug-likeness (QED) is 0.617. The molecule has 1 N–H and O–H groups in total. The minimum atomic E-state index is -1.53. The van der Waals surface area contributed by atoms with E-state index in [-0.39, 0.29) is 12.3 Å². The van der Waals surface area contributed by atoms with Gasteiger partial charge in [-0.25, -0.2) is 9.69 Å². The van der Waals surface area contributed by atoms with Crippen molar-refractivity contribution >= 4 is 40.8 Å². The summed E-state index contributed by atoms with van der Waals surface area (Å²) in [6, 6.07) is 13.6. The smallest absolute Gasteiger partial charge is 0.355 e. The van der Waals surface area contributed by atoms with Crippen molar-refractivity contribution in [1.29, 1.82) is 0 Å². The van der Waals surface area contributed by atoms with E-state index in [1.165, 1.54) is 0 Å². The third-order valence-corrected chi connectivity index (χ3v) is 5.40. The predicted molar refractivity (Wildman–Crippen MR) is 107 cm³/mol.